The summed E-state index contributed by atoms with van der Waals surface area (Å²) in [5.74, 6) is 0.603. The number of aryl methyl sites for hydroxylation is 1. The van der Waals surface area contributed by atoms with Crippen LogP contribution in [0.25, 0.3) is 0 Å². The molecule has 98 valence electrons. The quantitative estimate of drug-likeness (QED) is 0.883. The molecule has 2 heterocycles. The van der Waals surface area contributed by atoms with Gasteiger partial charge in [0.2, 0.25) is 5.91 Å². The van der Waals surface area contributed by atoms with Gasteiger partial charge in [-0.3, -0.25) is 4.79 Å². The molecule has 0 aliphatic carbocycles. The monoisotopic (exact) mass is 311 g/mol. The number of nitrogens with zero attached hydrogens (tertiary/aromatic N) is 1. The molecule has 2 N–H and O–H groups in total. The van der Waals surface area contributed by atoms with Crippen LogP contribution in [0.4, 0.5) is 5.82 Å². The molecule has 1 saturated heterocycles. The molecule has 1 aromatic rings. The molecular formula is C13H18BrN3O. The first-order valence-corrected chi connectivity index (χ1v) is 6.99. The van der Waals surface area contributed by atoms with E-state index in [0.29, 0.717) is 5.82 Å². The van der Waals surface area contributed by atoms with Crippen LogP contribution in [0.3, 0.4) is 0 Å². The van der Waals surface area contributed by atoms with Gasteiger partial charge in [0.15, 0.2) is 0 Å². The van der Waals surface area contributed by atoms with Gasteiger partial charge in [-0.15, -0.1) is 0 Å². The lowest BCUT2D eigenvalue weighted by Crippen LogP contribution is -2.54. The molecule has 1 aromatic heterocycles. The first kappa shape index (κ1) is 13.5. The number of rotatable bonds is 2. The molecule has 1 fully saturated rings. The number of anilines is 1. The van der Waals surface area contributed by atoms with Gasteiger partial charge in [0, 0.05) is 10.7 Å². The fourth-order valence-corrected chi connectivity index (χ4v) is 2.33. The summed E-state index contributed by atoms with van der Waals surface area (Å²) in [6.45, 7) is 4.83. The Kier molecular flexibility index (Phi) is 4.02. The van der Waals surface area contributed by atoms with E-state index in [1.165, 1.54) is 0 Å². The van der Waals surface area contributed by atoms with E-state index in [1.807, 2.05) is 19.9 Å². The summed E-state index contributed by atoms with van der Waals surface area (Å²) in [4.78, 5) is 16.5. The summed E-state index contributed by atoms with van der Waals surface area (Å²) >= 11 is 3.40. The first-order chi connectivity index (χ1) is 8.51. The largest absolute Gasteiger partial charge is 0.309 e. The van der Waals surface area contributed by atoms with Crippen LogP contribution in [0, 0.1) is 6.92 Å². The Morgan fingerprint density at radius 2 is 2.33 bits per heavy atom. The molecule has 1 aliphatic rings. The smallest absolute Gasteiger partial charge is 0.245 e. The number of aromatic nitrogens is 1. The third-order valence-corrected chi connectivity index (χ3v) is 4.24. The van der Waals surface area contributed by atoms with Crippen molar-refractivity contribution in [1.29, 1.82) is 0 Å². The van der Waals surface area contributed by atoms with E-state index >= 15 is 0 Å². The fraction of sp³-hybridized carbons (Fsp3) is 0.538. The van der Waals surface area contributed by atoms with Gasteiger partial charge in [-0.25, -0.2) is 4.98 Å². The molecule has 0 aromatic carbocycles. The Hall–Kier alpha value is -0.940. The maximum atomic E-state index is 12.3. The average molecular weight is 312 g/mol. The zero-order chi connectivity index (χ0) is 13.2. The van der Waals surface area contributed by atoms with E-state index in [0.717, 1.165) is 35.8 Å². The number of halogens is 1. The highest BCUT2D eigenvalue weighted by molar-refractivity contribution is 9.10. The number of piperidine rings is 1. The van der Waals surface area contributed by atoms with Crippen molar-refractivity contribution in [3.63, 3.8) is 0 Å². The number of carbonyl (C=O) groups excluding carboxylic acids is 1. The topological polar surface area (TPSA) is 54.0 Å². The van der Waals surface area contributed by atoms with E-state index < -0.39 is 5.54 Å². The molecule has 1 amide bonds. The minimum Gasteiger partial charge on any atom is -0.309 e. The van der Waals surface area contributed by atoms with Crippen LogP contribution < -0.4 is 10.6 Å². The lowest BCUT2D eigenvalue weighted by atomic mass is 9.90. The number of nitrogens with one attached hydrogen (secondary N) is 2. The van der Waals surface area contributed by atoms with Crippen LogP contribution in [0.1, 0.15) is 31.7 Å². The van der Waals surface area contributed by atoms with Gasteiger partial charge in [-0.05, 0) is 67.2 Å². The molecule has 4 nitrogen and oxygen atoms in total. The highest BCUT2D eigenvalue weighted by Gasteiger charge is 2.34. The first-order valence-electron chi connectivity index (χ1n) is 6.20. The van der Waals surface area contributed by atoms with Gasteiger partial charge in [0.1, 0.15) is 5.82 Å². The number of pyridine rings is 1. The third kappa shape index (κ3) is 2.90. The minimum absolute atomic E-state index is 0.00331. The SMILES string of the molecule is Cc1cc(NC(=O)C2(C)CCCCN2)ncc1Br. The summed E-state index contributed by atoms with van der Waals surface area (Å²) in [6, 6.07) is 1.87. The van der Waals surface area contributed by atoms with Crippen LogP contribution >= 0.6 is 15.9 Å². The van der Waals surface area contributed by atoms with Crippen LogP contribution in [0.5, 0.6) is 0 Å². The predicted molar refractivity (Wildman–Crippen MR) is 75.6 cm³/mol. The van der Waals surface area contributed by atoms with E-state index in [-0.39, 0.29) is 5.91 Å². The minimum atomic E-state index is -0.471. The van der Waals surface area contributed by atoms with Crippen molar-refractivity contribution >= 4 is 27.7 Å². The molecule has 1 atom stereocenters. The molecule has 1 aliphatic heterocycles. The third-order valence-electron chi connectivity index (χ3n) is 3.41. The van der Waals surface area contributed by atoms with Crippen LogP contribution in [-0.2, 0) is 4.79 Å². The Bertz CT molecular complexity index is 456. The zero-order valence-corrected chi connectivity index (χ0v) is 12.3. The molecule has 0 radical (unpaired) electrons. The molecule has 5 heteroatoms. The number of hydrogen-bond acceptors (Lipinski definition) is 3. The summed E-state index contributed by atoms with van der Waals surface area (Å²) in [5.41, 5.74) is 0.586. The Morgan fingerprint density at radius 1 is 1.56 bits per heavy atom. The molecule has 0 spiro atoms. The molecule has 0 bridgehead atoms. The van der Waals surface area contributed by atoms with Gasteiger partial charge in [0.05, 0.1) is 5.54 Å². The zero-order valence-electron chi connectivity index (χ0n) is 10.7. The van der Waals surface area contributed by atoms with Crippen molar-refractivity contribution < 1.29 is 4.79 Å². The van der Waals surface area contributed by atoms with Gasteiger partial charge in [-0.2, -0.15) is 0 Å². The highest BCUT2D eigenvalue weighted by atomic mass is 79.9. The lowest BCUT2D eigenvalue weighted by Gasteiger charge is -2.33. The predicted octanol–water partition coefficient (Wildman–Crippen LogP) is 2.62. The van der Waals surface area contributed by atoms with E-state index in [2.05, 4.69) is 31.5 Å². The number of amides is 1. The maximum Gasteiger partial charge on any atom is 0.245 e. The standard InChI is InChI=1S/C13H18BrN3O/c1-9-7-11(15-8-10(9)14)17-12(18)13(2)5-3-4-6-16-13/h7-8,16H,3-6H2,1-2H3,(H,15,17,18). The van der Waals surface area contributed by atoms with Crippen molar-refractivity contribution in [2.45, 2.75) is 38.6 Å². The fourth-order valence-electron chi connectivity index (χ4n) is 2.11. The second-order valence-corrected chi connectivity index (χ2v) is 5.84. The average Bonchev–Trinajstić information content (AvgIpc) is 2.35. The molecule has 2 rings (SSSR count). The maximum absolute atomic E-state index is 12.3. The Labute approximate surface area is 116 Å². The molecule has 1 unspecified atom stereocenters. The molecule has 18 heavy (non-hydrogen) atoms. The van der Waals surface area contributed by atoms with Crippen LogP contribution in [0.2, 0.25) is 0 Å². The van der Waals surface area contributed by atoms with Gasteiger partial charge >= 0.3 is 0 Å². The lowest BCUT2D eigenvalue weighted by molar-refractivity contribution is -0.122. The molecular weight excluding hydrogens is 294 g/mol. The Balaban J connectivity index is 2.08. The second-order valence-electron chi connectivity index (χ2n) is 4.99. The van der Waals surface area contributed by atoms with Crippen molar-refractivity contribution in [1.82, 2.24) is 10.3 Å². The van der Waals surface area contributed by atoms with E-state index in [9.17, 15) is 4.79 Å². The van der Waals surface area contributed by atoms with Crippen LogP contribution in [-0.4, -0.2) is 23.0 Å². The normalized spacial score (nSPS) is 23.7. The van der Waals surface area contributed by atoms with Crippen molar-refractivity contribution in [2.75, 3.05) is 11.9 Å². The summed E-state index contributed by atoms with van der Waals surface area (Å²) in [5, 5.41) is 6.18. The van der Waals surface area contributed by atoms with Gasteiger partial charge in [-0.1, -0.05) is 0 Å². The van der Waals surface area contributed by atoms with Gasteiger partial charge < -0.3 is 10.6 Å². The second kappa shape index (κ2) is 5.36. The van der Waals surface area contributed by atoms with Gasteiger partial charge in [0.25, 0.3) is 0 Å². The van der Waals surface area contributed by atoms with E-state index in [1.54, 1.807) is 6.20 Å². The Morgan fingerprint density at radius 3 is 2.94 bits per heavy atom. The number of carbonyl (C=O) groups is 1. The van der Waals surface area contributed by atoms with E-state index in [4.69, 9.17) is 0 Å². The molecule has 0 saturated carbocycles. The van der Waals surface area contributed by atoms with Crippen molar-refractivity contribution in [3.05, 3.63) is 22.3 Å². The summed E-state index contributed by atoms with van der Waals surface area (Å²) < 4.78 is 0.947. The van der Waals surface area contributed by atoms with Crippen LogP contribution in [0.15, 0.2) is 16.7 Å². The highest BCUT2D eigenvalue weighted by Crippen LogP contribution is 2.22. The van der Waals surface area contributed by atoms with Crippen molar-refractivity contribution in [3.8, 4) is 0 Å². The van der Waals surface area contributed by atoms with Crippen molar-refractivity contribution in [2.24, 2.45) is 0 Å². The summed E-state index contributed by atoms with van der Waals surface area (Å²) in [7, 11) is 0. The number of hydrogen-bond donors (Lipinski definition) is 2. The summed E-state index contributed by atoms with van der Waals surface area (Å²) in [6.07, 6.45) is 4.80.